The van der Waals surface area contributed by atoms with E-state index in [0.717, 1.165) is 56.4 Å². The molecule has 2 unspecified atom stereocenters. The molecule has 180 valence electrons. The van der Waals surface area contributed by atoms with E-state index in [1.54, 1.807) is 0 Å². The average Bonchev–Trinajstić information content (AvgIpc) is 2.97. The maximum atomic E-state index is 10.9. The zero-order chi connectivity index (χ0) is 23.6. The summed E-state index contributed by atoms with van der Waals surface area (Å²) in [7, 11) is -2.43. The van der Waals surface area contributed by atoms with Gasteiger partial charge < -0.3 is 9.79 Å². The average molecular weight is 496 g/mol. The quantitative estimate of drug-likeness (QED) is 0.469. The van der Waals surface area contributed by atoms with Crippen LogP contribution in [0.3, 0.4) is 0 Å². The van der Waals surface area contributed by atoms with Gasteiger partial charge >= 0.3 is 0 Å². The van der Waals surface area contributed by atoms with Crippen molar-refractivity contribution in [3.8, 4) is 0 Å². The molecule has 4 rings (SSSR count). The second-order valence-corrected chi connectivity index (χ2v) is 11.9. The first-order valence-electron chi connectivity index (χ1n) is 11.9. The first-order chi connectivity index (χ1) is 16.7. The number of nitrogens with zero attached hydrogens (tertiary/aromatic N) is 3. The Morgan fingerprint density at radius 1 is 0.500 bits per heavy atom. The SMILES string of the molecule is OP(CN1CCN(Cc2ccccc2)CCN(CP(O)c2ccccc2)CC1)c1ccccc1. The summed E-state index contributed by atoms with van der Waals surface area (Å²) in [6, 6.07) is 30.7. The Labute approximate surface area is 206 Å². The van der Waals surface area contributed by atoms with E-state index in [9.17, 15) is 9.79 Å². The van der Waals surface area contributed by atoms with Gasteiger partial charge in [0.05, 0.1) is 16.3 Å². The molecule has 1 saturated heterocycles. The molecule has 2 N–H and O–H groups in total. The Bertz CT molecular complexity index is 906. The molecule has 34 heavy (non-hydrogen) atoms. The van der Waals surface area contributed by atoms with Gasteiger partial charge in [-0.3, -0.25) is 14.7 Å². The van der Waals surface area contributed by atoms with Crippen LogP contribution in [0.15, 0.2) is 91.0 Å². The summed E-state index contributed by atoms with van der Waals surface area (Å²) in [5.74, 6) is 0. The molecule has 3 aromatic rings. The number of hydrogen-bond donors (Lipinski definition) is 2. The number of hydrogen-bond acceptors (Lipinski definition) is 5. The minimum atomic E-state index is -1.21. The normalized spacial score (nSPS) is 18.5. The van der Waals surface area contributed by atoms with E-state index < -0.39 is 16.3 Å². The van der Waals surface area contributed by atoms with Crippen molar-refractivity contribution in [1.82, 2.24) is 14.7 Å². The summed E-state index contributed by atoms with van der Waals surface area (Å²) >= 11 is 0. The van der Waals surface area contributed by atoms with Gasteiger partial charge in [0.15, 0.2) is 0 Å². The van der Waals surface area contributed by atoms with Crippen LogP contribution < -0.4 is 10.6 Å². The summed E-state index contributed by atoms with van der Waals surface area (Å²) in [4.78, 5) is 29.2. The lowest BCUT2D eigenvalue weighted by atomic mass is 10.2. The Morgan fingerprint density at radius 2 is 0.853 bits per heavy atom. The summed E-state index contributed by atoms with van der Waals surface area (Å²) in [6.07, 6.45) is 1.36. The van der Waals surface area contributed by atoms with Gasteiger partial charge in [-0.15, -0.1) is 0 Å². The molecule has 1 aliphatic rings. The zero-order valence-electron chi connectivity index (χ0n) is 19.7. The number of benzene rings is 3. The molecule has 0 amide bonds. The van der Waals surface area contributed by atoms with Crippen LogP contribution in [0, 0.1) is 0 Å². The van der Waals surface area contributed by atoms with Crippen molar-refractivity contribution in [3.05, 3.63) is 96.6 Å². The summed E-state index contributed by atoms with van der Waals surface area (Å²) in [5.41, 5.74) is 1.32. The van der Waals surface area contributed by atoms with Crippen LogP contribution in [-0.2, 0) is 6.54 Å². The molecule has 0 saturated carbocycles. The van der Waals surface area contributed by atoms with Crippen LogP contribution in [0.5, 0.6) is 0 Å². The highest BCUT2D eigenvalue weighted by Gasteiger charge is 2.21. The van der Waals surface area contributed by atoms with Crippen molar-refractivity contribution >= 4 is 26.9 Å². The zero-order valence-corrected chi connectivity index (χ0v) is 21.4. The Balaban J connectivity index is 1.44. The standard InChI is InChI=1S/C27H35N3O2P2/c31-33(26-12-6-2-7-13-26)23-29-18-16-28(22-25-10-4-1-5-11-25)17-19-30(21-20-29)24-34(32)27-14-8-3-9-15-27/h1-15,31-32H,16-24H2. The maximum Gasteiger partial charge on any atom is 0.0707 e. The monoisotopic (exact) mass is 495 g/mol. The molecule has 1 fully saturated rings. The van der Waals surface area contributed by atoms with E-state index >= 15 is 0 Å². The van der Waals surface area contributed by atoms with Gasteiger partial charge in [0.25, 0.3) is 0 Å². The second-order valence-electron chi connectivity index (χ2n) is 8.75. The molecule has 3 aromatic carbocycles. The second kappa shape index (κ2) is 13.4. The topological polar surface area (TPSA) is 50.2 Å². The van der Waals surface area contributed by atoms with Crippen LogP contribution in [-0.4, -0.2) is 76.3 Å². The first-order valence-corrected chi connectivity index (χ1v) is 14.9. The molecule has 5 nitrogen and oxygen atoms in total. The first kappa shape index (κ1) is 25.4. The van der Waals surface area contributed by atoms with Crippen LogP contribution >= 0.6 is 16.3 Å². The third-order valence-corrected chi connectivity index (χ3v) is 9.35. The maximum absolute atomic E-state index is 10.9. The van der Waals surface area contributed by atoms with Gasteiger partial charge in [0, 0.05) is 69.0 Å². The molecule has 0 bridgehead atoms. The third kappa shape index (κ3) is 7.93. The minimum Gasteiger partial charge on any atom is -0.368 e. The van der Waals surface area contributed by atoms with E-state index in [4.69, 9.17) is 0 Å². The highest BCUT2D eigenvalue weighted by molar-refractivity contribution is 7.60. The van der Waals surface area contributed by atoms with Crippen molar-refractivity contribution in [1.29, 1.82) is 0 Å². The molecular weight excluding hydrogens is 460 g/mol. The summed E-state index contributed by atoms with van der Waals surface area (Å²) in [5, 5.41) is 2.05. The van der Waals surface area contributed by atoms with Gasteiger partial charge in [-0.1, -0.05) is 91.0 Å². The molecule has 0 spiro atoms. The van der Waals surface area contributed by atoms with Crippen LogP contribution in [0.25, 0.3) is 0 Å². The molecular formula is C27H35N3O2P2. The predicted molar refractivity (Wildman–Crippen MR) is 145 cm³/mol. The fraction of sp³-hybridized carbons (Fsp3) is 0.333. The predicted octanol–water partition coefficient (Wildman–Crippen LogP) is 3.45. The lowest BCUT2D eigenvalue weighted by Crippen LogP contribution is -2.37. The van der Waals surface area contributed by atoms with Crippen molar-refractivity contribution in [2.75, 3.05) is 51.8 Å². The molecule has 1 heterocycles. The van der Waals surface area contributed by atoms with E-state index in [1.165, 1.54) is 5.56 Å². The highest BCUT2D eigenvalue weighted by atomic mass is 31.1. The van der Waals surface area contributed by atoms with E-state index in [0.29, 0.717) is 12.6 Å². The fourth-order valence-electron chi connectivity index (χ4n) is 4.21. The highest BCUT2D eigenvalue weighted by Crippen LogP contribution is 2.31. The van der Waals surface area contributed by atoms with Crippen LogP contribution in [0.4, 0.5) is 0 Å². The van der Waals surface area contributed by atoms with E-state index in [-0.39, 0.29) is 0 Å². The van der Waals surface area contributed by atoms with Gasteiger partial charge in [0.1, 0.15) is 0 Å². The lowest BCUT2D eigenvalue weighted by Gasteiger charge is -2.28. The van der Waals surface area contributed by atoms with Crippen molar-refractivity contribution < 1.29 is 9.79 Å². The van der Waals surface area contributed by atoms with Crippen molar-refractivity contribution in [2.45, 2.75) is 6.54 Å². The summed E-state index contributed by atoms with van der Waals surface area (Å²) < 4.78 is 0. The van der Waals surface area contributed by atoms with Crippen molar-refractivity contribution in [2.24, 2.45) is 0 Å². The van der Waals surface area contributed by atoms with E-state index in [1.807, 2.05) is 60.7 Å². The fourth-order valence-corrected chi connectivity index (χ4v) is 6.89. The van der Waals surface area contributed by atoms with Gasteiger partial charge in [-0.2, -0.15) is 0 Å². The molecule has 2 atom stereocenters. The smallest absolute Gasteiger partial charge is 0.0707 e. The van der Waals surface area contributed by atoms with Gasteiger partial charge in [0.2, 0.25) is 0 Å². The Kier molecular flexibility index (Phi) is 10.0. The minimum absolute atomic E-state index is 0.679. The van der Waals surface area contributed by atoms with Crippen molar-refractivity contribution in [3.63, 3.8) is 0 Å². The third-order valence-electron chi connectivity index (χ3n) is 6.22. The van der Waals surface area contributed by atoms with Crippen LogP contribution in [0.1, 0.15) is 5.56 Å². The molecule has 7 heteroatoms. The van der Waals surface area contributed by atoms with E-state index in [2.05, 4.69) is 45.0 Å². The molecule has 1 aliphatic heterocycles. The van der Waals surface area contributed by atoms with Crippen LogP contribution in [0.2, 0.25) is 0 Å². The molecule has 0 radical (unpaired) electrons. The Morgan fingerprint density at radius 3 is 1.26 bits per heavy atom. The Hall–Kier alpha value is -1.68. The summed E-state index contributed by atoms with van der Waals surface area (Å²) in [6.45, 7) is 6.49. The molecule has 0 aromatic heterocycles. The number of rotatable bonds is 8. The van der Waals surface area contributed by atoms with Gasteiger partial charge in [-0.05, 0) is 5.56 Å². The largest absolute Gasteiger partial charge is 0.368 e. The van der Waals surface area contributed by atoms with Gasteiger partial charge in [-0.25, -0.2) is 0 Å². The lowest BCUT2D eigenvalue weighted by molar-refractivity contribution is 0.223. The molecule has 0 aliphatic carbocycles.